The Kier molecular flexibility index (Phi) is 8.34. The predicted molar refractivity (Wildman–Crippen MR) is 152 cm³/mol. The summed E-state index contributed by atoms with van der Waals surface area (Å²) in [6, 6.07) is 21.1. The lowest BCUT2D eigenvalue weighted by Gasteiger charge is -2.11. The number of nitrogens with zero attached hydrogens (tertiary/aromatic N) is 2. The third-order valence-corrected chi connectivity index (χ3v) is 6.16. The van der Waals surface area contributed by atoms with Gasteiger partial charge in [0, 0.05) is 28.8 Å². The maximum atomic E-state index is 13.1. The molecule has 0 saturated carbocycles. The fourth-order valence-corrected chi connectivity index (χ4v) is 4.30. The summed E-state index contributed by atoms with van der Waals surface area (Å²) in [6.07, 6.45) is 1.46. The number of hydrazone groups is 1. The summed E-state index contributed by atoms with van der Waals surface area (Å²) in [7, 11) is 1.48. The zero-order chi connectivity index (χ0) is 28.8. The summed E-state index contributed by atoms with van der Waals surface area (Å²) >= 11 is 0. The van der Waals surface area contributed by atoms with E-state index in [-0.39, 0.29) is 11.5 Å². The van der Waals surface area contributed by atoms with Crippen molar-refractivity contribution in [3.63, 3.8) is 0 Å². The molecular formula is C31H27N3O6. The molecule has 0 fully saturated rings. The average Bonchev–Trinajstić information content (AvgIpc) is 2.93. The van der Waals surface area contributed by atoms with Crippen LogP contribution in [0, 0.1) is 30.9 Å². The Morgan fingerprint density at radius 3 is 2.08 bits per heavy atom. The lowest BCUT2D eigenvalue weighted by molar-refractivity contribution is -0.384. The summed E-state index contributed by atoms with van der Waals surface area (Å²) in [5.74, 6) is 0.712. The van der Waals surface area contributed by atoms with Crippen LogP contribution in [0.3, 0.4) is 0 Å². The Balaban J connectivity index is 1.39. The fraction of sp³-hybridized carbons (Fsp3) is 0.129. The van der Waals surface area contributed by atoms with Gasteiger partial charge in [0.15, 0.2) is 17.3 Å². The number of nitro benzene ring substituents is 1. The molecule has 9 heteroatoms. The molecule has 9 nitrogen and oxygen atoms in total. The molecule has 40 heavy (non-hydrogen) atoms. The van der Waals surface area contributed by atoms with Crippen LogP contribution in [0.2, 0.25) is 0 Å². The maximum absolute atomic E-state index is 13.1. The number of ether oxygens (including phenoxy) is 2. The van der Waals surface area contributed by atoms with E-state index in [9.17, 15) is 19.7 Å². The summed E-state index contributed by atoms with van der Waals surface area (Å²) in [6.45, 7) is 5.83. The van der Waals surface area contributed by atoms with Gasteiger partial charge < -0.3 is 9.47 Å². The molecule has 0 aliphatic carbocycles. The highest BCUT2D eigenvalue weighted by atomic mass is 16.6. The molecule has 0 spiro atoms. The first-order valence-corrected chi connectivity index (χ1v) is 12.3. The van der Waals surface area contributed by atoms with Crippen molar-refractivity contribution in [1.29, 1.82) is 0 Å². The molecule has 202 valence electrons. The molecular weight excluding hydrogens is 510 g/mol. The number of carbonyl (C=O) groups is 2. The summed E-state index contributed by atoms with van der Waals surface area (Å²) in [5, 5.41) is 14.8. The molecule has 0 saturated heterocycles. The molecule has 0 atom stereocenters. The maximum Gasteiger partial charge on any atom is 0.271 e. The van der Waals surface area contributed by atoms with E-state index in [1.165, 1.54) is 37.6 Å². The first kappa shape index (κ1) is 27.7. The van der Waals surface area contributed by atoms with Gasteiger partial charge in [-0.3, -0.25) is 19.7 Å². The van der Waals surface area contributed by atoms with Gasteiger partial charge in [0.25, 0.3) is 11.6 Å². The minimum atomic E-state index is -0.485. The van der Waals surface area contributed by atoms with Crippen LogP contribution < -0.4 is 14.9 Å². The lowest BCUT2D eigenvalue weighted by atomic mass is 9.93. The molecule has 0 radical (unpaired) electrons. The molecule has 4 aromatic rings. The smallest absolute Gasteiger partial charge is 0.271 e. The molecule has 0 aromatic heterocycles. The van der Waals surface area contributed by atoms with E-state index in [1.54, 1.807) is 42.5 Å². The first-order valence-electron chi connectivity index (χ1n) is 12.3. The highest BCUT2D eigenvalue weighted by Crippen LogP contribution is 2.32. The van der Waals surface area contributed by atoms with E-state index < -0.39 is 10.8 Å². The number of hydrogen-bond donors (Lipinski definition) is 1. The van der Waals surface area contributed by atoms with E-state index in [1.807, 2.05) is 32.9 Å². The van der Waals surface area contributed by atoms with Crippen LogP contribution in [-0.2, 0) is 0 Å². The van der Waals surface area contributed by atoms with Crippen molar-refractivity contribution in [1.82, 2.24) is 5.43 Å². The van der Waals surface area contributed by atoms with Gasteiger partial charge in [-0.15, -0.1) is 0 Å². The number of aryl methyl sites for hydroxylation is 3. The van der Waals surface area contributed by atoms with Crippen molar-refractivity contribution in [2.24, 2.45) is 5.10 Å². The normalized spacial score (nSPS) is 10.8. The number of nitrogens with one attached hydrogen (secondary N) is 1. The largest absolute Gasteiger partial charge is 0.493 e. The van der Waals surface area contributed by atoms with Gasteiger partial charge >= 0.3 is 0 Å². The van der Waals surface area contributed by atoms with E-state index in [2.05, 4.69) is 10.5 Å². The number of non-ortho nitro benzene ring substituents is 1. The molecule has 0 heterocycles. The van der Waals surface area contributed by atoms with Crippen LogP contribution in [0.1, 0.15) is 48.5 Å². The number of methoxy groups -OCH3 is 1. The molecule has 0 aliphatic heterocycles. The highest BCUT2D eigenvalue weighted by Gasteiger charge is 2.16. The Labute approximate surface area is 231 Å². The van der Waals surface area contributed by atoms with E-state index in [0.29, 0.717) is 39.5 Å². The van der Waals surface area contributed by atoms with Crippen LogP contribution in [0.4, 0.5) is 5.69 Å². The zero-order valence-corrected chi connectivity index (χ0v) is 22.4. The Hall–Kier alpha value is -5.31. The van der Waals surface area contributed by atoms with Crippen molar-refractivity contribution < 1.29 is 24.0 Å². The van der Waals surface area contributed by atoms with Gasteiger partial charge in [0.1, 0.15) is 5.75 Å². The van der Waals surface area contributed by atoms with Gasteiger partial charge in [-0.05, 0) is 79.9 Å². The summed E-state index contributed by atoms with van der Waals surface area (Å²) in [5.41, 5.74) is 7.54. The molecule has 0 bridgehead atoms. The van der Waals surface area contributed by atoms with E-state index in [0.717, 1.165) is 16.7 Å². The van der Waals surface area contributed by atoms with Crippen molar-refractivity contribution in [3.8, 4) is 17.2 Å². The second-order valence-corrected chi connectivity index (χ2v) is 9.14. The lowest BCUT2D eigenvalue weighted by Crippen LogP contribution is -2.17. The number of carbonyl (C=O) groups excluding carboxylic acids is 2. The van der Waals surface area contributed by atoms with Crippen molar-refractivity contribution in [2.75, 3.05) is 7.11 Å². The second-order valence-electron chi connectivity index (χ2n) is 9.14. The number of hydrogen-bond acceptors (Lipinski definition) is 7. The quantitative estimate of drug-likeness (QED) is 0.116. The summed E-state index contributed by atoms with van der Waals surface area (Å²) in [4.78, 5) is 36.0. The molecule has 4 aromatic carbocycles. The van der Waals surface area contributed by atoms with Crippen LogP contribution >= 0.6 is 0 Å². The van der Waals surface area contributed by atoms with Gasteiger partial charge in [-0.25, -0.2) is 5.43 Å². The second kappa shape index (κ2) is 12.0. The number of amides is 1. The highest BCUT2D eigenvalue weighted by molar-refractivity contribution is 6.11. The molecule has 0 aliphatic rings. The number of ketones is 1. The molecule has 4 rings (SSSR count). The third kappa shape index (κ3) is 6.39. The number of rotatable bonds is 9. The predicted octanol–water partition coefficient (Wildman–Crippen LogP) is 6.32. The minimum absolute atomic E-state index is 0.0373. The Morgan fingerprint density at radius 1 is 0.850 bits per heavy atom. The van der Waals surface area contributed by atoms with Crippen LogP contribution in [-0.4, -0.2) is 29.9 Å². The Morgan fingerprint density at radius 2 is 1.48 bits per heavy atom. The first-order chi connectivity index (χ1) is 19.2. The molecule has 1 N–H and O–H groups in total. The standard InChI is InChI=1S/C31H27N3O6/c1-19-15-20(2)29(21(3)16-19)30(35)23-6-8-24(9-7-23)31(36)33-32-18-22-5-14-27(28(17-22)39-4)40-26-12-10-25(11-13-26)34(37)38/h5-18H,1-4H3,(H,33,36)/b32-18-. The van der Waals surface area contributed by atoms with Crippen molar-refractivity contribution in [2.45, 2.75) is 20.8 Å². The van der Waals surface area contributed by atoms with Crippen LogP contribution in [0.25, 0.3) is 0 Å². The van der Waals surface area contributed by atoms with Gasteiger partial charge in [0.05, 0.1) is 18.2 Å². The SMILES string of the molecule is COc1cc(/C=N\NC(=O)c2ccc(C(=O)c3c(C)cc(C)cc3C)cc2)ccc1Oc1ccc([N+](=O)[O-])cc1. The number of nitro groups is 1. The monoisotopic (exact) mass is 537 g/mol. The van der Waals surface area contributed by atoms with Gasteiger partial charge in [-0.2, -0.15) is 5.10 Å². The van der Waals surface area contributed by atoms with Crippen molar-refractivity contribution >= 4 is 23.6 Å². The number of benzene rings is 4. The van der Waals surface area contributed by atoms with Gasteiger partial charge in [0.2, 0.25) is 0 Å². The van der Waals surface area contributed by atoms with Gasteiger partial charge in [-0.1, -0.05) is 29.8 Å². The average molecular weight is 538 g/mol. The summed E-state index contributed by atoms with van der Waals surface area (Å²) < 4.78 is 11.2. The third-order valence-electron chi connectivity index (χ3n) is 6.16. The molecule has 0 unspecified atom stereocenters. The topological polar surface area (TPSA) is 120 Å². The van der Waals surface area contributed by atoms with Crippen molar-refractivity contribution in [3.05, 3.63) is 128 Å². The van der Waals surface area contributed by atoms with E-state index >= 15 is 0 Å². The van der Waals surface area contributed by atoms with Crippen LogP contribution in [0.5, 0.6) is 17.2 Å². The van der Waals surface area contributed by atoms with Crippen LogP contribution in [0.15, 0.2) is 84.0 Å². The van der Waals surface area contributed by atoms with E-state index in [4.69, 9.17) is 9.47 Å². The minimum Gasteiger partial charge on any atom is -0.493 e. The fourth-order valence-electron chi connectivity index (χ4n) is 4.30. The zero-order valence-electron chi connectivity index (χ0n) is 22.4. The Bertz CT molecular complexity index is 1590. The molecule has 1 amide bonds.